The van der Waals surface area contributed by atoms with E-state index in [1.807, 2.05) is 18.2 Å². The Kier molecular flexibility index (Phi) is 7.14. The van der Waals surface area contributed by atoms with Crippen LogP contribution in [0.15, 0.2) is 188 Å². The van der Waals surface area contributed by atoms with Crippen LogP contribution >= 0.6 is 0 Å². The average Bonchev–Trinajstić information content (AvgIpc) is 3.22. The molecule has 242 valence electrons. The summed E-state index contributed by atoms with van der Waals surface area (Å²) in [6.07, 6.45) is 0. The molecule has 0 unspecified atom stereocenters. The number of fused-ring (bicyclic) bond motifs is 4. The highest BCUT2D eigenvalue weighted by Crippen LogP contribution is 2.40. The summed E-state index contributed by atoms with van der Waals surface area (Å²) >= 11 is 0. The lowest BCUT2D eigenvalue weighted by Crippen LogP contribution is -2.01. The summed E-state index contributed by atoms with van der Waals surface area (Å²) in [5, 5.41) is 9.42. The quantitative estimate of drug-likeness (QED) is 0.184. The molecule has 0 N–H and O–H groups in total. The first-order valence-electron chi connectivity index (χ1n) is 17.6. The van der Waals surface area contributed by atoms with E-state index >= 15 is 0 Å². The lowest BCUT2D eigenvalue weighted by molar-refractivity contribution is 1.08. The standard InChI is InChI=1S/C49H31N3/c1-2-16-34(17-3-1)47-50-48(45-30-28-43(39-22-8-10-24-41(39)45)37-26-12-18-32-14-4-6-20-35(32)37)52-49(51-47)46-31-29-44(40-23-9-11-25-42(40)46)38-27-13-19-33-15-5-7-21-36(33)38/h1-31H. The number of hydrogen-bond acceptors (Lipinski definition) is 3. The second-order valence-electron chi connectivity index (χ2n) is 13.1. The van der Waals surface area contributed by atoms with Gasteiger partial charge < -0.3 is 0 Å². The second-order valence-corrected chi connectivity index (χ2v) is 13.1. The van der Waals surface area contributed by atoms with Gasteiger partial charge in [0.25, 0.3) is 0 Å². The van der Waals surface area contributed by atoms with Crippen molar-refractivity contribution < 1.29 is 0 Å². The van der Waals surface area contributed by atoms with E-state index in [-0.39, 0.29) is 0 Å². The Morgan fingerprint density at radius 1 is 0.212 bits per heavy atom. The number of nitrogens with zero attached hydrogens (tertiary/aromatic N) is 3. The molecule has 0 aliphatic carbocycles. The lowest BCUT2D eigenvalue weighted by atomic mass is 9.91. The Hall–Kier alpha value is -6.97. The van der Waals surface area contributed by atoms with Gasteiger partial charge in [0.15, 0.2) is 17.5 Å². The van der Waals surface area contributed by atoms with Crippen LogP contribution in [-0.2, 0) is 0 Å². The summed E-state index contributed by atoms with van der Waals surface area (Å²) < 4.78 is 0. The summed E-state index contributed by atoms with van der Waals surface area (Å²) in [7, 11) is 0. The normalized spacial score (nSPS) is 11.5. The minimum Gasteiger partial charge on any atom is -0.208 e. The average molecular weight is 662 g/mol. The number of rotatable bonds is 5. The third-order valence-corrected chi connectivity index (χ3v) is 10.2. The van der Waals surface area contributed by atoms with E-state index in [9.17, 15) is 0 Å². The first-order chi connectivity index (χ1) is 25.8. The third kappa shape index (κ3) is 5.02. The number of hydrogen-bond donors (Lipinski definition) is 0. The molecule has 0 fully saturated rings. The Labute approximate surface area is 301 Å². The summed E-state index contributed by atoms with van der Waals surface area (Å²) in [4.78, 5) is 15.6. The van der Waals surface area contributed by atoms with Gasteiger partial charge in [-0.15, -0.1) is 0 Å². The van der Waals surface area contributed by atoms with Crippen molar-refractivity contribution in [1.29, 1.82) is 0 Å². The minimum atomic E-state index is 0.644. The van der Waals surface area contributed by atoms with E-state index in [0.29, 0.717) is 17.5 Å². The molecule has 1 heterocycles. The van der Waals surface area contributed by atoms with Gasteiger partial charge in [-0.2, -0.15) is 0 Å². The minimum absolute atomic E-state index is 0.644. The van der Waals surface area contributed by atoms with Gasteiger partial charge in [-0.25, -0.2) is 15.0 Å². The molecular formula is C49H31N3. The van der Waals surface area contributed by atoms with E-state index in [2.05, 4.69) is 170 Å². The molecule has 0 radical (unpaired) electrons. The zero-order valence-electron chi connectivity index (χ0n) is 28.2. The molecule has 3 heteroatoms. The molecule has 0 saturated heterocycles. The highest BCUT2D eigenvalue weighted by Gasteiger charge is 2.19. The summed E-state index contributed by atoms with van der Waals surface area (Å²) in [6, 6.07) is 66.4. The highest BCUT2D eigenvalue weighted by atomic mass is 15.0. The maximum atomic E-state index is 5.28. The monoisotopic (exact) mass is 661 g/mol. The summed E-state index contributed by atoms with van der Waals surface area (Å²) in [6.45, 7) is 0. The molecule has 9 aromatic carbocycles. The van der Waals surface area contributed by atoms with Crippen molar-refractivity contribution in [3.05, 3.63) is 188 Å². The Bertz CT molecular complexity index is 2770. The molecule has 0 amide bonds. The molecular weight excluding hydrogens is 631 g/mol. The lowest BCUT2D eigenvalue weighted by Gasteiger charge is -2.16. The van der Waals surface area contributed by atoms with E-state index < -0.39 is 0 Å². The molecule has 0 spiro atoms. The Morgan fingerprint density at radius 3 is 1.02 bits per heavy atom. The van der Waals surface area contributed by atoms with Gasteiger partial charge in [0.1, 0.15) is 0 Å². The summed E-state index contributed by atoms with van der Waals surface area (Å²) in [5.41, 5.74) is 7.67. The molecule has 3 nitrogen and oxygen atoms in total. The molecule has 10 aromatic rings. The van der Waals surface area contributed by atoms with Crippen molar-refractivity contribution in [3.8, 4) is 56.4 Å². The smallest absolute Gasteiger partial charge is 0.164 e. The Balaban J connectivity index is 1.20. The van der Waals surface area contributed by atoms with Crippen molar-refractivity contribution in [1.82, 2.24) is 15.0 Å². The van der Waals surface area contributed by atoms with Gasteiger partial charge >= 0.3 is 0 Å². The molecule has 1 aromatic heterocycles. The van der Waals surface area contributed by atoms with Crippen LogP contribution in [-0.4, -0.2) is 15.0 Å². The number of aromatic nitrogens is 3. The molecule has 0 bridgehead atoms. The van der Waals surface area contributed by atoms with Gasteiger partial charge in [0, 0.05) is 16.7 Å². The fraction of sp³-hybridized carbons (Fsp3) is 0. The topological polar surface area (TPSA) is 38.7 Å². The van der Waals surface area contributed by atoms with Crippen LogP contribution in [0.25, 0.3) is 99.5 Å². The van der Waals surface area contributed by atoms with Gasteiger partial charge in [-0.3, -0.25) is 0 Å². The molecule has 0 saturated carbocycles. The molecule has 10 rings (SSSR count). The number of benzene rings is 9. The first-order valence-corrected chi connectivity index (χ1v) is 17.6. The largest absolute Gasteiger partial charge is 0.208 e. The van der Waals surface area contributed by atoms with E-state index in [4.69, 9.17) is 15.0 Å². The summed E-state index contributed by atoms with van der Waals surface area (Å²) in [5.74, 6) is 1.93. The van der Waals surface area contributed by atoms with Gasteiger partial charge in [-0.1, -0.05) is 176 Å². The maximum Gasteiger partial charge on any atom is 0.164 e. The van der Waals surface area contributed by atoms with Crippen molar-refractivity contribution in [2.75, 3.05) is 0 Å². The Morgan fingerprint density at radius 2 is 0.538 bits per heavy atom. The van der Waals surface area contributed by atoms with Gasteiger partial charge in [0.2, 0.25) is 0 Å². The van der Waals surface area contributed by atoms with E-state index in [1.54, 1.807) is 0 Å². The van der Waals surface area contributed by atoms with Gasteiger partial charge in [0.05, 0.1) is 0 Å². The van der Waals surface area contributed by atoms with Gasteiger partial charge in [-0.05, 0) is 77.5 Å². The SMILES string of the molecule is c1ccc(-c2nc(-c3ccc(-c4cccc5ccccc45)c4ccccc34)nc(-c3ccc(-c4cccc5ccccc45)c4ccccc34)n2)cc1. The van der Waals surface area contributed by atoms with Crippen LogP contribution < -0.4 is 0 Å². The maximum absolute atomic E-state index is 5.28. The fourth-order valence-corrected chi connectivity index (χ4v) is 7.71. The second kappa shape index (κ2) is 12.4. The van der Waals surface area contributed by atoms with Crippen LogP contribution in [0.4, 0.5) is 0 Å². The molecule has 0 atom stereocenters. The van der Waals surface area contributed by atoms with Crippen LogP contribution in [0.2, 0.25) is 0 Å². The van der Waals surface area contributed by atoms with E-state index in [0.717, 1.165) is 38.2 Å². The van der Waals surface area contributed by atoms with Crippen LogP contribution in [0.3, 0.4) is 0 Å². The van der Waals surface area contributed by atoms with Crippen molar-refractivity contribution in [2.24, 2.45) is 0 Å². The molecule has 0 aliphatic heterocycles. The van der Waals surface area contributed by atoms with Crippen LogP contribution in [0, 0.1) is 0 Å². The predicted molar refractivity (Wildman–Crippen MR) is 217 cm³/mol. The zero-order chi connectivity index (χ0) is 34.4. The molecule has 52 heavy (non-hydrogen) atoms. The molecule has 0 aliphatic rings. The fourth-order valence-electron chi connectivity index (χ4n) is 7.71. The van der Waals surface area contributed by atoms with Crippen molar-refractivity contribution >= 4 is 43.1 Å². The predicted octanol–water partition coefficient (Wildman–Crippen LogP) is 12.8. The zero-order valence-corrected chi connectivity index (χ0v) is 28.2. The third-order valence-electron chi connectivity index (χ3n) is 10.2. The van der Waals surface area contributed by atoms with E-state index in [1.165, 1.54) is 43.8 Å². The van der Waals surface area contributed by atoms with Crippen molar-refractivity contribution in [3.63, 3.8) is 0 Å². The van der Waals surface area contributed by atoms with Crippen molar-refractivity contribution in [2.45, 2.75) is 0 Å². The van der Waals surface area contributed by atoms with Crippen LogP contribution in [0.1, 0.15) is 0 Å². The highest BCUT2D eigenvalue weighted by molar-refractivity contribution is 6.11. The van der Waals surface area contributed by atoms with Crippen LogP contribution in [0.5, 0.6) is 0 Å². The first kappa shape index (κ1) is 29.9.